The zero-order valence-electron chi connectivity index (χ0n) is 9.64. The maximum atomic E-state index is 3.78. The van der Waals surface area contributed by atoms with E-state index >= 15 is 0 Å². The Morgan fingerprint density at radius 1 is 1.15 bits per heavy atom. The molecule has 0 rings (SSSR count). The predicted octanol–water partition coefficient (Wildman–Crippen LogP) is 4.58. The fraction of sp³-hybridized carbons (Fsp3) is 0.692. The van der Waals surface area contributed by atoms with Gasteiger partial charge in [-0.3, -0.25) is 0 Å². The second-order valence-corrected chi connectivity index (χ2v) is 4.96. The zero-order chi connectivity index (χ0) is 10.3. The van der Waals surface area contributed by atoms with Crippen LogP contribution in [0.1, 0.15) is 47.0 Å². The second-order valence-electron chi connectivity index (χ2n) is 4.96. The van der Waals surface area contributed by atoms with Gasteiger partial charge in [0, 0.05) is 0 Å². The van der Waals surface area contributed by atoms with Crippen molar-refractivity contribution in [2.24, 2.45) is 11.3 Å². The quantitative estimate of drug-likeness (QED) is 0.525. The highest BCUT2D eigenvalue weighted by Crippen LogP contribution is 2.25. The Morgan fingerprint density at radius 2 is 1.77 bits per heavy atom. The van der Waals surface area contributed by atoms with Gasteiger partial charge in [-0.25, -0.2) is 0 Å². The summed E-state index contributed by atoms with van der Waals surface area (Å²) in [5.74, 6) is 0.777. The van der Waals surface area contributed by atoms with E-state index in [4.69, 9.17) is 0 Å². The van der Waals surface area contributed by atoms with Crippen LogP contribution in [-0.4, -0.2) is 0 Å². The van der Waals surface area contributed by atoms with Crippen LogP contribution in [0, 0.1) is 11.3 Å². The van der Waals surface area contributed by atoms with Crippen molar-refractivity contribution in [2.45, 2.75) is 47.0 Å². The van der Waals surface area contributed by atoms with E-state index in [1.807, 2.05) is 6.08 Å². The Bertz CT molecular complexity index is 161. The first-order valence-electron chi connectivity index (χ1n) is 5.24. The lowest BCUT2D eigenvalue weighted by atomic mass is 9.85. The van der Waals surface area contributed by atoms with Gasteiger partial charge in [-0.2, -0.15) is 0 Å². The van der Waals surface area contributed by atoms with Gasteiger partial charge in [0.15, 0.2) is 0 Å². The highest BCUT2D eigenvalue weighted by atomic mass is 14.2. The summed E-state index contributed by atoms with van der Waals surface area (Å²) < 4.78 is 0. The van der Waals surface area contributed by atoms with Gasteiger partial charge >= 0.3 is 0 Å². The van der Waals surface area contributed by atoms with Crippen LogP contribution in [0.4, 0.5) is 0 Å². The van der Waals surface area contributed by atoms with Crippen molar-refractivity contribution >= 4 is 0 Å². The molecule has 0 heterocycles. The van der Waals surface area contributed by atoms with Crippen LogP contribution in [0.2, 0.25) is 0 Å². The minimum Gasteiger partial charge on any atom is -0.103 e. The molecule has 0 N–H and O–H groups in total. The standard InChI is InChI=1S/C13H24/c1-6-10-13(4,5)11-8-7-9-12(2)3/h6-8,12H,1,9-11H2,2-5H3. The van der Waals surface area contributed by atoms with Gasteiger partial charge in [0.05, 0.1) is 0 Å². The van der Waals surface area contributed by atoms with Gasteiger partial charge < -0.3 is 0 Å². The molecule has 13 heavy (non-hydrogen) atoms. The molecule has 0 aliphatic heterocycles. The van der Waals surface area contributed by atoms with E-state index in [1.54, 1.807) is 0 Å². The monoisotopic (exact) mass is 180 g/mol. The lowest BCUT2D eigenvalue weighted by molar-refractivity contribution is 0.377. The van der Waals surface area contributed by atoms with Crippen LogP contribution in [0.3, 0.4) is 0 Å². The Kier molecular flexibility index (Phi) is 5.77. The largest absolute Gasteiger partial charge is 0.103 e. The van der Waals surface area contributed by atoms with Crippen LogP contribution in [0.5, 0.6) is 0 Å². The molecule has 0 nitrogen and oxygen atoms in total. The highest BCUT2D eigenvalue weighted by Gasteiger charge is 2.12. The Labute approximate surface area is 83.7 Å². The Hall–Kier alpha value is -0.520. The molecular formula is C13H24. The van der Waals surface area contributed by atoms with E-state index in [0.717, 1.165) is 18.8 Å². The summed E-state index contributed by atoms with van der Waals surface area (Å²) >= 11 is 0. The van der Waals surface area contributed by atoms with Gasteiger partial charge in [-0.15, -0.1) is 6.58 Å². The smallest absolute Gasteiger partial charge is 0.0285 e. The van der Waals surface area contributed by atoms with Gasteiger partial charge in [0.1, 0.15) is 0 Å². The molecule has 0 atom stereocenters. The van der Waals surface area contributed by atoms with E-state index < -0.39 is 0 Å². The molecule has 0 saturated heterocycles. The molecule has 0 heteroatoms. The van der Waals surface area contributed by atoms with E-state index in [2.05, 4.69) is 46.4 Å². The lowest BCUT2D eigenvalue weighted by Gasteiger charge is -2.20. The molecular weight excluding hydrogens is 156 g/mol. The van der Waals surface area contributed by atoms with Crippen molar-refractivity contribution in [1.29, 1.82) is 0 Å². The third kappa shape index (κ3) is 7.83. The van der Waals surface area contributed by atoms with E-state index in [0.29, 0.717) is 5.41 Å². The predicted molar refractivity (Wildman–Crippen MR) is 61.8 cm³/mol. The topological polar surface area (TPSA) is 0 Å². The minimum atomic E-state index is 0.384. The highest BCUT2D eigenvalue weighted by molar-refractivity contribution is 4.90. The van der Waals surface area contributed by atoms with Gasteiger partial charge in [-0.1, -0.05) is 45.9 Å². The normalized spacial score (nSPS) is 12.7. The molecule has 0 fully saturated rings. The first-order chi connectivity index (χ1) is 5.98. The fourth-order valence-electron chi connectivity index (χ4n) is 1.24. The van der Waals surface area contributed by atoms with Crippen LogP contribution >= 0.6 is 0 Å². The van der Waals surface area contributed by atoms with Gasteiger partial charge in [-0.05, 0) is 30.6 Å². The number of rotatable bonds is 6. The van der Waals surface area contributed by atoms with Crippen LogP contribution in [-0.2, 0) is 0 Å². The summed E-state index contributed by atoms with van der Waals surface area (Å²) in [5, 5.41) is 0. The third-order valence-electron chi connectivity index (χ3n) is 2.14. The molecule has 76 valence electrons. The minimum absolute atomic E-state index is 0.384. The van der Waals surface area contributed by atoms with Crippen molar-refractivity contribution in [3.05, 3.63) is 24.8 Å². The van der Waals surface area contributed by atoms with Gasteiger partial charge in [0.25, 0.3) is 0 Å². The summed E-state index contributed by atoms with van der Waals surface area (Å²) in [4.78, 5) is 0. The van der Waals surface area contributed by atoms with Crippen LogP contribution in [0.15, 0.2) is 24.8 Å². The van der Waals surface area contributed by atoms with Gasteiger partial charge in [0.2, 0.25) is 0 Å². The molecule has 0 amide bonds. The fourth-order valence-corrected chi connectivity index (χ4v) is 1.24. The molecule has 0 saturated carbocycles. The molecule has 0 aliphatic rings. The van der Waals surface area contributed by atoms with Crippen LogP contribution in [0.25, 0.3) is 0 Å². The lowest BCUT2D eigenvalue weighted by Crippen LogP contribution is -2.07. The van der Waals surface area contributed by atoms with E-state index in [9.17, 15) is 0 Å². The van der Waals surface area contributed by atoms with Crippen LogP contribution < -0.4 is 0 Å². The van der Waals surface area contributed by atoms with E-state index in [1.165, 1.54) is 6.42 Å². The maximum absolute atomic E-state index is 3.78. The van der Waals surface area contributed by atoms with Crippen molar-refractivity contribution in [2.75, 3.05) is 0 Å². The number of hydrogen-bond donors (Lipinski definition) is 0. The summed E-state index contributed by atoms with van der Waals surface area (Å²) in [7, 11) is 0. The molecule has 0 bridgehead atoms. The number of allylic oxidation sites excluding steroid dienone is 3. The Balaban J connectivity index is 3.72. The molecule has 0 aliphatic carbocycles. The molecule has 0 spiro atoms. The van der Waals surface area contributed by atoms with Crippen molar-refractivity contribution in [3.63, 3.8) is 0 Å². The first-order valence-corrected chi connectivity index (χ1v) is 5.24. The molecule has 0 aromatic carbocycles. The average Bonchev–Trinajstić information content (AvgIpc) is 1.98. The van der Waals surface area contributed by atoms with Crippen molar-refractivity contribution in [1.82, 2.24) is 0 Å². The summed E-state index contributed by atoms with van der Waals surface area (Å²) in [6.07, 6.45) is 10.1. The summed E-state index contributed by atoms with van der Waals surface area (Å²) in [6.45, 7) is 12.8. The van der Waals surface area contributed by atoms with E-state index in [-0.39, 0.29) is 0 Å². The zero-order valence-corrected chi connectivity index (χ0v) is 9.64. The van der Waals surface area contributed by atoms with Crippen molar-refractivity contribution in [3.8, 4) is 0 Å². The Morgan fingerprint density at radius 3 is 2.23 bits per heavy atom. The first kappa shape index (κ1) is 12.5. The average molecular weight is 180 g/mol. The summed E-state index contributed by atoms with van der Waals surface area (Å²) in [6, 6.07) is 0. The molecule has 0 aromatic rings. The second kappa shape index (κ2) is 6.01. The molecule has 0 radical (unpaired) electrons. The van der Waals surface area contributed by atoms with Crippen molar-refractivity contribution < 1.29 is 0 Å². The molecule has 0 aromatic heterocycles. The summed E-state index contributed by atoms with van der Waals surface area (Å²) in [5.41, 5.74) is 0.384. The third-order valence-corrected chi connectivity index (χ3v) is 2.14. The SMILES string of the molecule is C=CCC(C)(C)CC=CCC(C)C. The maximum Gasteiger partial charge on any atom is -0.0285 e. The number of hydrogen-bond acceptors (Lipinski definition) is 0. The molecule has 0 unspecified atom stereocenters.